The van der Waals surface area contributed by atoms with Crippen LogP contribution in [0.25, 0.3) is 0 Å². The van der Waals surface area contributed by atoms with Gasteiger partial charge in [-0.2, -0.15) is 5.10 Å². The van der Waals surface area contributed by atoms with Gasteiger partial charge in [-0.15, -0.1) is 5.10 Å². The summed E-state index contributed by atoms with van der Waals surface area (Å²) < 4.78 is 0. The molecule has 0 aromatic heterocycles. The normalized spacial score (nSPS) is 13.1. The predicted molar refractivity (Wildman–Crippen MR) is 81.9 cm³/mol. The number of hydrogen-bond donors (Lipinski definition) is 1. The zero-order valence-electron chi connectivity index (χ0n) is 11.9. The van der Waals surface area contributed by atoms with Gasteiger partial charge in [0.05, 0.1) is 0 Å². The number of thioether (sulfide) groups is 1. The van der Waals surface area contributed by atoms with Crippen LogP contribution < -0.4 is 18.1 Å². The van der Waals surface area contributed by atoms with Crippen molar-refractivity contribution in [2.24, 2.45) is 21.4 Å². The topological polar surface area (TPSA) is 50.7 Å². The van der Waals surface area contributed by atoms with Crippen molar-refractivity contribution in [1.29, 1.82) is 0 Å². The van der Waals surface area contributed by atoms with Crippen molar-refractivity contribution in [3.05, 3.63) is 35.9 Å². The summed E-state index contributed by atoms with van der Waals surface area (Å²) in [5.74, 6) is 0.820. The number of rotatable bonds is 3. The molecule has 0 aliphatic rings. The highest BCUT2D eigenvalue weighted by Gasteiger charge is 2.13. The second-order valence-electron chi connectivity index (χ2n) is 5.15. The highest BCUT2D eigenvalue weighted by molar-refractivity contribution is 8.13. The van der Waals surface area contributed by atoms with Crippen molar-refractivity contribution in [1.82, 2.24) is 0 Å². The Hall–Kier alpha value is -1.00. The molecule has 0 aliphatic heterocycles. The number of hydrogen-bond acceptors (Lipinski definition) is 3. The Morgan fingerprint density at radius 1 is 1.16 bits per heavy atom. The van der Waals surface area contributed by atoms with Crippen LogP contribution in [0.15, 0.2) is 40.5 Å². The molecule has 0 aliphatic carbocycles. The van der Waals surface area contributed by atoms with Gasteiger partial charge in [-0.05, 0) is 12.5 Å². The van der Waals surface area contributed by atoms with Gasteiger partial charge in [0.1, 0.15) is 0 Å². The third-order valence-electron chi connectivity index (χ3n) is 2.61. The SMILES string of the molecule is CC(=NN=C(N)SCc1ccccc1)C(C)(C)C.[Cl-]. The lowest BCUT2D eigenvalue weighted by molar-refractivity contribution is -0.00000430. The van der Waals surface area contributed by atoms with Crippen LogP contribution in [-0.2, 0) is 5.75 Å². The van der Waals surface area contributed by atoms with Gasteiger partial charge < -0.3 is 18.1 Å². The molecule has 106 valence electrons. The van der Waals surface area contributed by atoms with Gasteiger partial charge in [-0.25, -0.2) is 0 Å². The standard InChI is InChI=1S/C14H21N3S.ClH/c1-11(14(2,3)4)16-17-13(15)18-10-12-8-6-5-7-9-12;/h5-9H,10H2,1-4H3,(H2,15,17);1H/p-1. The van der Waals surface area contributed by atoms with Crippen LogP contribution in [0.4, 0.5) is 0 Å². The summed E-state index contributed by atoms with van der Waals surface area (Å²) in [4.78, 5) is 0. The second-order valence-corrected chi connectivity index (χ2v) is 6.14. The van der Waals surface area contributed by atoms with Crippen molar-refractivity contribution in [3.63, 3.8) is 0 Å². The predicted octanol–water partition coefficient (Wildman–Crippen LogP) is 0.661. The van der Waals surface area contributed by atoms with Crippen molar-refractivity contribution in [2.45, 2.75) is 33.4 Å². The molecule has 3 nitrogen and oxygen atoms in total. The molecule has 2 N–H and O–H groups in total. The van der Waals surface area contributed by atoms with Crippen molar-refractivity contribution >= 4 is 22.6 Å². The van der Waals surface area contributed by atoms with E-state index in [9.17, 15) is 0 Å². The van der Waals surface area contributed by atoms with Gasteiger partial charge in [0, 0.05) is 16.9 Å². The molecule has 0 spiro atoms. The fourth-order valence-corrected chi connectivity index (χ4v) is 1.64. The summed E-state index contributed by atoms with van der Waals surface area (Å²) in [6.45, 7) is 8.29. The Morgan fingerprint density at radius 2 is 1.74 bits per heavy atom. The first-order valence-electron chi connectivity index (χ1n) is 5.94. The zero-order chi connectivity index (χ0) is 13.6. The summed E-state index contributed by atoms with van der Waals surface area (Å²) in [6.07, 6.45) is 0. The van der Waals surface area contributed by atoms with E-state index in [1.165, 1.54) is 17.3 Å². The maximum Gasteiger partial charge on any atom is 0.180 e. The fourth-order valence-electron chi connectivity index (χ4n) is 1.03. The summed E-state index contributed by atoms with van der Waals surface area (Å²) in [7, 11) is 0. The molecule has 0 saturated carbocycles. The van der Waals surface area contributed by atoms with Crippen LogP contribution in [0, 0.1) is 5.41 Å². The molecule has 1 rings (SSSR count). The zero-order valence-corrected chi connectivity index (χ0v) is 13.4. The minimum Gasteiger partial charge on any atom is -1.00 e. The Labute approximate surface area is 126 Å². The van der Waals surface area contributed by atoms with E-state index in [-0.39, 0.29) is 17.8 Å². The minimum absolute atomic E-state index is 0. The average molecular weight is 299 g/mol. The Morgan fingerprint density at radius 3 is 2.26 bits per heavy atom. The summed E-state index contributed by atoms with van der Waals surface area (Å²) in [5, 5.41) is 8.72. The molecular weight excluding hydrogens is 278 g/mol. The highest BCUT2D eigenvalue weighted by atomic mass is 35.5. The van der Waals surface area contributed by atoms with E-state index >= 15 is 0 Å². The number of nitrogens with zero attached hydrogens (tertiary/aromatic N) is 2. The third-order valence-corrected chi connectivity index (χ3v) is 3.47. The largest absolute Gasteiger partial charge is 1.00 e. The van der Waals surface area contributed by atoms with Crippen LogP contribution in [-0.4, -0.2) is 10.9 Å². The van der Waals surface area contributed by atoms with Crippen LogP contribution >= 0.6 is 11.8 Å². The van der Waals surface area contributed by atoms with E-state index in [1.807, 2.05) is 25.1 Å². The molecular formula is C14H21ClN3S-. The van der Waals surface area contributed by atoms with Gasteiger partial charge in [0.15, 0.2) is 5.17 Å². The van der Waals surface area contributed by atoms with Crippen molar-refractivity contribution in [2.75, 3.05) is 0 Å². The first-order chi connectivity index (χ1) is 8.39. The van der Waals surface area contributed by atoms with Gasteiger partial charge in [0.2, 0.25) is 0 Å². The lowest BCUT2D eigenvalue weighted by Gasteiger charge is -2.16. The van der Waals surface area contributed by atoms with E-state index in [0.717, 1.165) is 11.5 Å². The molecule has 0 atom stereocenters. The molecule has 0 fully saturated rings. The lowest BCUT2D eigenvalue weighted by atomic mass is 9.91. The number of amidine groups is 1. The monoisotopic (exact) mass is 298 g/mol. The summed E-state index contributed by atoms with van der Waals surface area (Å²) in [5.41, 5.74) is 8.07. The van der Waals surface area contributed by atoms with E-state index in [4.69, 9.17) is 5.73 Å². The summed E-state index contributed by atoms with van der Waals surface area (Å²) in [6, 6.07) is 10.2. The molecule has 5 heteroatoms. The first kappa shape index (κ1) is 18.0. The molecule has 1 aromatic rings. The van der Waals surface area contributed by atoms with E-state index in [1.54, 1.807) is 0 Å². The van der Waals surface area contributed by atoms with Crippen LogP contribution in [0.5, 0.6) is 0 Å². The maximum atomic E-state index is 5.82. The molecule has 0 saturated heterocycles. The maximum absolute atomic E-state index is 5.82. The molecule has 0 bridgehead atoms. The molecule has 0 unspecified atom stereocenters. The van der Waals surface area contributed by atoms with Crippen LogP contribution in [0.1, 0.15) is 33.3 Å². The second kappa shape index (κ2) is 8.23. The fraction of sp³-hybridized carbons (Fsp3) is 0.429. The smallest absolute Gasteiger partial charge is 0.180 e. The Bertz CT molecular complexity index is 436. The van der Waals surface area contributed by atoms with Crippen molar-refractivity contribution < 1.29 is 12.4 Å². The first-order valence-corrected chi connectivity index (χ1v) is 6.93. The molecule has 0 heterocycles. The molecule has 19 heavy (non-hydrogen) atoms. The number of halogens is 1. The van der Waals surface area contributed by atoms with Crippen molar-refractivity contribution in [3.8, 4) is 0 Å². The highest BCUT2D eigenvalue weighted by Crippen LogP contribution is 2.16. The number of nitrogens with two attached hydrogens (primary N) is 1. The molecule has 0 radical (unpaired) electrons. The van der Waals surface area contributed by atoms with Crippen LogP contribution in [0.2, 0.25) is 0 Å². The molecule has 1 aromatic carbocycles. The lowest BCUT2D eigenvalue weighted by Crippen LogP contribution is -3.00. The molecule has 0 amide bonds. The number of benzene rings is 1. The Balaban J connectivity index is 0.00000324. The Kier molecular flexibility index (Phi) is 7.79. The van der Waals surface area contributed by atoms with Gasteiger partial charge in [0.25, 0.3) is 0 Å². The quantitative estimate of drug-likeness (QED) is 0.506. The average Bonchev–Trinajstić information content (AvgIpc) is 2.33. The minimum atomic E-state index is 0. The summed E-state index contributed by atoms with van der Waals surface area (Å²) >= 11 is 1.50. The van der Waals surface area contributed by atoms with E-state index in [2.05, 4.69) is 43.1 Å². The van der Waals surface area contributed by atoms with Gasteiger partial charge in [-0.3, -0.25) is 0 Å². The van der Waals surface area contributed by atoms with E-state index < -0.39 is 0 Å². The van der Waals surface area contributed by atoms with Gasteiger partial charge >= 0.3 is 0 Å². The van der Waals surface area contributed by atoms with E-state index in [0.29, 0.717) is 5.17 Å². The van der Waals surface area contributed by atoms with Crippen LogP contribution in [0.3, 0.4) is 0 Å². The third kappa shape index (κ3) is 7.23. The van der Waals surface area contributed by atoms with Gasteiger partial charge in [-0.1, -0.05) is 62.9 Å².